The number of rotatable bonds is 7. The Morgan fingerprint density at radius 2 is 1.76 bits per heavy atom. The molecule has 0 aliphatic carbocycles. The third kappa shape index (κ3) is 4.06. The van der Waals surface area contributed by atoms with Crippen LogP contribution < -0.4 is 5.73 Å². The number of fused-ring (bicyclic) bond motifs is 3. The van der Waals surface area contributed by atoms with Crippen molar-refractivity contribution in [2.75, 3.05) is 32.4 Å². The topological polar surface area (TPSA) is 138 Å². The summed E-state index contributed by atoms with van der Waals surface area (Å²) in [7, 11) is 1.98. The molecule has 194 valence electrons. The molecule has 0 bridgehead atoms. The molecule has 0 spiro atoms. The zero-order chi connectivity index (χ0) is 25.9. The second-order valence-corrected chi connectivity index (χ2v) is 10.1. The van der Waals surface area contributed by atoms with E-state index in [0.29, 0.717) is 54.2 Å². The molecule has 2 fully saturated rings. The maximum absolute atomic E-state index is 12.6. The molecule has 12 heteroatoms. The molecule has 2 amide bonds. The van der Waals surface area contributed by atoms with E-state index < -0.39 is 12.0 Å². The number of anilines is 1. The van der Waals surface area contributed by atoms with Gasteiger partial charge in [0.1, 0.15) is 30.2 Å². The third-order valence-corrected chi connectivity index (χ3v) is 7.08. The highest BCUT2D eigenvalue weighted by molar-refractivity contribution is 6.21. The Hall–Kier alpha value is -3.45. The van der Waals surface area contributed by atoms with Crippen molar-refractivity contribution in [1.29, 1.82) is 0 Å². The van der Waals surface area contributed by atoms with Crippen molar-refractivity contribution in [3.05, 3.63) is 48.0 Å². The fourth-order valence-electron chi connectivity index (χ4n) is 5.43. The van der Waals surface area contributed by atoms with Crippen molar-refractivity contribution in [2.24, 2.45) is 0 Å². The van der Waals surface area contributed by atoms with Crippen LogP contribution in [0.2, 0.25) is 0 Å². The van der Waals surface area contributed by atoms with Gasteiger partial charge in [0.15, 0.2) is 23.5 Å². The molecule has 0 saturated carbocycles. The Morgan fingerprint density at radius 1 is 1.05 bits per heavy atom. The summed E-state index contributed by atoms with van der Waals surface area (Å²) in [6.07, 6.45) is 2.24. The maximum Gasteiger partial charge on any atom is 0.261 e. The fourth-order valence-corrected chi connectivity index (χ4v) is 5.43. The minimum absolute atomic E-state index is 0.233. The van der Waals surface area contributed by atoms with E-state index in [-0.39, 0.29) is 30.1 Å². The Balaban J connectivity index is 1.12. The van der Waals surface area contributed by atoms with Crippen molar-refractivity contribution in [1.82, 2.24) is 29.3 Å². The van der Waals surface area contributed by atoms with Gasteiger partial charge in [0.2, 0.25) is 0 Å². The van der Waals surface area contributed by atoms with E-state index in [1.165, 1.54) is 11.2 Å². The average Bonchev–Trinajstić information content (AvgIpc) is 3.58. The van der Waals surface area contributed by atoms with Crippen LogP contribution in [0.5, 0.6) is 0 Å². The fraction of sp³-hybridized carbons (Fsp3) is 0.480. The van der Waals surface area contributed by atoms with E-state index in [1.54, 1.807) is 30.6 Å². The number of carbonyl (C=O) groups is 2. The Morgan fingerprint density at radius 3 is 2.49 bits per heavy atom. The van der Waals surface area contributed by atoms with Crippen molar-refractivity contribution < 1.29 is 23.8 Å². The van der Waals surface area contributed by atoms with Crippen LogP contribution >= 0.6 is 0 Å². The van der Waals surface area contributed by atoms with Gasteiger partial charge in [-0.15, -0.1) is 0 Å². The first kappa shape index (κ1) is 23.9. The van der Waals surface area contributed by atoms with Gasteiger partial charge < -0.3 is 24.8 Å². The number of carbonyl (C=O) groups excluding carboxylic acids is 2. The lowest BCUT2D eigenvalue weighted by atomic mass is 10.1. The molecule has 3 aliphatic rings. The molecular weight excluding hydrogens is 478 g/mol. The molecule has 2 saturated heterocycles. The highest BCUT2D eigenvalue weighted by Gasteiger charge is 2.56. The quantitative estimate of drug-likeness (QED) is 0.468. The number of aromatic nitrogens is 4. The van der Waals surface area contributed by atoms with Gasteiger partial charge >= 0.3 is 0 Å². The van der Waals surface area contributed by atoms with Crippen LogP contribution in [0, 0.1) is 0 Å². The van der Waals surface area contributed by atoms with Crippen LogP contribution in [0.25, 0.3) is 11.2 Å². The maximum atomic E-state index is 12.6. The summed E-state index contributed by atoms with van der Waals surface area (Å²) in [5.74, 6) is -0.923. The number of hydrogen-bond acceptors (Lipinski definition) is 10. The molecule has 3 aromatic rings. The molecule has 2 aromatic heterocycles. The molecule has 2 N–H and O–H groups in total. The summed E-state index contributed by atoms with van der Waals surface area (Å²) < 4.78 is 20.7. The number of nitrogen functional groups attached to an aromatic ring is 1. The largest absolute Gasteiger partial charge is 0.382 e. The van der Waals surface area contributed by atoms with Gasteiger partial charge in [-0.1, -0.05) is 12.1 Å². The SMILES string of the molecule is CN(CCCN1C(=O)c2ccccc2C1=O)CC1OC(n2cnc3c(N)ncnc32)C2OC(C)(C)OC12. The van der Waals surface area contributed by atoms with Crippen LogP contribution in [-0.4, -0.2) is 91.9 Å². The summed E-state index contributed by atoms with van der Waals surface area (Å²) in [4.78, 5) is 41.4. The Kier molecular flexibility index (Phi) is 5.71. The smallest absolute Gasteiger partial charge is 0.261 e. The number of hydrogen-bond donors (Lipinski definition) is 1. The van der Waals surface area contributed by atoms with E-state index in [4.69, 9.17) is 19.9 Å². The van der Waals surface area contributed by atoms with Gasteiger partial charge in [0, 0.05) is 13.1 Å². The molecule has 5 heterocycles. The second kappa shape index (κ2) is 8.84. The number of amides is 2. The van der Waals surface area contributed by atoms with Gasteiger partial charge in [-0.05, 0) is 46.0 Å². The Labute approximate surface area is 213 Å². The average molecular weight is 508 g/mol. The van der Waals surface area contributed by atoms with Crippen LogP contribution in [0.15, 0.2) is 36.9 Å². The molecule has 3 aliphatic heterocycles. The lowest BCUT2D eigenvalue weighted by Crippen LogP contribution is -2.39. The minimum Gasteiger partial charge on any atom is -0.382 e. The van der Waals surface area contributed by atoms with Crippen LogP contribution in [0.3, 0.4) is 0 Å². The number of imide groups is 1. The molecule has 4 unspecified atom stereocenters. The molecule has 1 aromatic carbocycles. The summed E-state index contributed by atoms with van der Waals surface area (Å²) in [6.45, 7) is 5.36. The molecular formula is C25H29N7O5. The van der Waals surface area contributed by atoms with Gasteiger partial charge in [-0.3, -0.25) is 19.1 Å². The van der Waals surface area contributed by atoms with Gasteiger partial charge in [0.25, 0.3) is 11.8 Å². The number of nitrogens with two attached hydrogens (primary N) is 1. The van der Waals surface area contributed by atoms with Crippen molar-refractivity contribution in [2.45, 2.75) is 50.6 Å². The highest BCUT2D eigenvalue weighted by Crippen LogP contribution is 2.44. The predicted octanol–water partition coefficient (Wildman–Crippen LogP) is 1.44. The minimum atomic E-state index is -0.760. The van der Waals surface area contributed by atoms with E-state index in [1.807, 2.05) is 25.5 Å². The summed E-state index contributed by atoms with van der Waals surface area (Å²) in [5, 5.41) is 0. The number of imidazole rings is 1. The molecule has 0 radical (unpaired) electrons. The first-order chi connectivity index (χ1) is 17.7. The summed E-state index contributed by atoms with van der Waals surface area (Å²) >= 11 is 0. The molecule has 6 rings (SSSR count). The van der Waals surface area contributed by atoms with E-state index in [0.717, 1.165) is 0 Å². The summed E-state index contributed by atoms with van der Waals surface area (Å²) in [5.41, 5.74) is 7.99. The number of nitrogens with zero attached hydrogens (tertiary/aromatic N) is 6. The molecule has 12 nitrogen and oxygen atoms in total. The normalized spacial score (nSPS) is 26.4. The lowest BCUT2D eigenvalue weighted by Gasteiger charge is -2.27. The standard InChI is InChI=1S/C25H29N7O5/c1-25(2)36-18-16(35-24(19(18)37-25)32-13-29-17-20(26)27-12-28-21(17)32)11-30(3)9-6-10-31-22(33)14-7-4-5-8-15(14)23(31)34/h4-5,7-8,12-13,16,18-19,24H,6,9-11H2,1-3H3,(H2,26,27,28). The first-order valence-electron chi connectivity index (χ1n) is 12.3. The van der Waals surface area contributed by atoms with Gasteiger partial charge in [-0.25, -0.2) is 15.0 Å². The molecule has 37 heavy (non-hydrogen) atoms. The van der Waals surface area contributed by atoms with E-state index in [2.05, 4.69) is 19.9 Å². The first-order valence-corrected chi connectivity index (χ1v) is 12.3. The van der Waals surface area contributed by atoms with Crippen molar-refractivity contribution >= 4 is 28.8 Å². The highest BCUT2D eigenvalue weighted by atomic mass is 16.8. The number of benzene rings is 1. The monoisotopic (exact) mass is 507 g/mol. The van der Waals surface area contributed by atoms with Crippen LogP contribution in [0.1, 0.15) is 47.2 Å². The van der Waals surface area contributed by atoms with E-state index >= 15 is 0 Å². The van der Waals surface area contributed by atoms with Crippen molar-refractivity contribution in [3.63, 3.8) is 0 Å². The van der Waals surface area contributed by atoms with E-state index in [9.17, 15) is 9.59 Å². The third-order valence-electron chi connectivity index (χ3n) is 7.08. The molecule has 4 atom stereocenters. The lowest BCUT2D eigenvalue weighted by molar-refractivity contribution is -0.197. The second-order valence-electron chi connectivity index (χ2n) is 10.1. The Bertz CT molecular complexity index is 1340. The predicted molar refractivity (Wildman–Crippen MR) is 131 cm³/mol. The van der Waals surface area contributed by atoms with Gasteiger partial charge in [-0.2, -0.15) is 0 Å². The van der Waals surface area contributed by atoms with Gasteiger partial charge in [0.05, 0.1) is 17.5 Å². The van der Waals surface area contributed by atoms with Crippen LogP contribution in [0.4, 0.5) is 5.82 Å². The zero-order valence-electron chi connectivity index (χ0n) is 20.9. The number of likely N-dealkylation sites (N-methyl/N-ethyl adjacent to an activating group) is 1. The van der Waals surface area contributed by atoms with Crippen molar-refractivity contribution in [3.8, 4) is 0 Å². The zero-order valence-corrected chi connectivity index (χ0v) is 20.9. The van der Waals surface area contributed by atoms with Crippen LogP contribution in [-0.2, 0) is 14.2 Å². The summed E-state index contributed by atoms with van der Waals surface area (Å²) in [6, 6.07) is 6.93. The number of ether oxygens (including phenoxy) is 3.